The normalized spacial score (nSPS) is 19.6. The van der Waals surface area contributed by atoms with Crippen molar-refractivity contribution in [3.8, 4) is 11.5 Å². The minimum Gasteiger partial charge on any atom is -0.373 e. The predicted molar refractivity (Wildman–Crippen MR) is 120 cm³/mol. The number of anilines is 2. The number of amides is 2. The number of nitrogens with one attached hydrogen (secondary N) is 3. The summed E-state index contributed by atoms with van der Waals surface area (Å²) >= 11 is 0. The predicted octanol–water partition coefficient (Wildman–Crippen LogP) is 2.85. The molecule has 3 aromatic heterocycles. The number of rotatable bonds is 7. The first-order valence-corrected chi connectivity index (χ1v) is 11.4. The largest absolute Gasteiger partial charge is 0.453 e. The first-order chi connectivity index (χ1) is 17.4. The molecule has 0 saturated heterocycles. The number of hydrogen-bond donors (Lipinski definition) is 3. The number of aromatic nitrogens is 5. The summed E-state index contributed by atoms with van der Waals surface area (Å²) in [5, 5.41) is 12.3. The third-order valence-electron chi connectivity index (χ3n) is 6.47. The van der Waals surface area contributed by atoms with E-state index in [9.17, 15) is 31.5 Å². The van der Waals surface area contributed by atoms with Gasteiger partial charge in [0.2, 0.25) is 11.8 Å². The van der Waals surface area contributed by atoms with Gasteiger partial charge in [0, 0.05) is 32.1 Å². The van der Waals surface area contributed by atoms with E-state index in [0.29, 0.717) is 0 Å². The molecule has 1 aliphatic heterocycles. The summed E-state index contributed by atoms with van der Waals surface area (Å²) in [5.41, 5.74) is -1.06. The molecule has 1 aliphatic carbocycles. The molecule has 1 unspecified atom stereocenters. The fourth-order valence-corrected chi connectivity index (χ4v) is 4.16. The number of carbonyl (C=O) groups excluding carboxylic acids is 2. The lowest BCUT2D eigenvalue weighted by Crippen LogP contribution is -2.48. The monoisotopic (exact) mass is 524 g/mol. The highest BCUT2D eigenvalue weighted by atomic mass is 19.4. The van der Waals surface area contributed by atoms with E-state index in [1.807, 2.05) is 0 Å². The molecule has 3 N–H and O–H groups in total. The highest BCUT2D eigenvalue weighted by Gasteiger charge is 2.57. The fraction of sp³-hybridized carbons (Fsp3) is 0.455. The van der Waals surface area contributed by atoms with Crippen molar-refractivity contribution < 1.29 is 31.5 Å². The van der Waals surface area contributed by atoms with Crippen molar-refractivity contribution >= 4 is 29.0 Å². The molecule has 5 rings (SSSR count). The van der Waals surface area contributed by atoms with Crippen LogP contribution in [0.15, 0.2) is 18.3 Å². The Kier molecular flexibility index (Phi) is 5.56. The topological polar surface area (TPSA) is 126 Å². The summed E-state index contributed by atoms with van der Waals surface area (Å²) in [5.74, 6) is -5.99. The summed E-state index contributed by atoms with van der Waals surface area (Å²) in [6.07, 6.45) is -4.98. The molecule has 2 amide bonds. The Morgan fingerprint density at radius 1 is 1.22 bits per heavy atom. The van der Waals surface area contributed by atoms with Crippen LogP contribution in [-0.2, 0) is 21.4 Å². The van der Waals surface area contributed by atoms with Crippen LogP contribution in [-0.4, -0.2) is 61.6 Å². The van der Waals surface area contributed by atoms with Crippen molar-refractivity contribution in [3.63, 3.8) is 0 Å². The zero-order valence-electron chi connectivity index (χ0n) is 19.6. The van der Waals surface area contributed by atoms with E-state index in [0.717, 1.165) is 17.4 Å². The van der Waals surface area contributed by atoms with Gasteiger partial charge in [0.15, 0.2) is 11.2 Å². The lowest BCUT2D eigenvalue weighted by Gasteiger charge is -2.22. The highest BCUT2D eigenvalue weighted by Crippen LogP contribution is 2.43. The molecule has 1 atom stereocenters. The third kappa shape index (κ3) is 4.01. The summed E-state index contributed by atoms with van der Waals surface area (Å²) in [7, 11) is 1.53. The molecule has 4 heterocycles. The van der Waals surface area contributed by atoms with Gasteiger partial charge in [-0.2, -0.15) is 27.1 Å². The Labute approximate surface area is 206 Å². The number of alkyl halides is 5. The molecule has 0 spiro atoms. The zero-order chi connectivity index (χ0) is 26.8. The van der Waals surface area contributed by atoms with Crippen LogP contribution in [0.3, 0.4) is 0 Å². The molecule has 0 bridgehead atoms. The van der Waals surface area contributed by atoms with Crippen molar-refractivity contribution in [2.24, 2.45) is 0 Å². The Morgan fingerprint density at radius 3 is 2.59 bits per heavy atom. The van der Waals surface area contributed by atoms with Gasteiger partial charge < -0.3 is 16.0 Å². The van der Waals surface area contributed by atoms with E-state index >= 15 is 0 Å². The molecule has 3 aromatic rings. The minimum atomic E-state index is -5.70. The van der Waals surface area contributed by atoms with Crippen molar-refractivity contribution in [1.29, 1.82) is 0 Å². The molecule has 0 aromatic carbocycles. The zero-order valence-corrected chi connectivity index (χ0v) is 19.6. The first kappa shape index (κ1) is 24.8. The van der Waals surface area contributed by atoms with E-state index in [2.05, 4.69) is 36.0 Å². The number of carbonyl (C=O) groups is 2. The van der Waals surface area contributed by atoms with Crippen molar-refractivity contribution in [3.05, 3.63) is 29.7 Å². The van der Waals surface area contributed by atoms with E-state index in [4.69, 9.17) is 0 Å². The van der Waals surface area contributed by atoms with Crippen molar-refractivity contribution in [1.82, 2.24) is 29.9 Å². The van der Waals surface area contributed by atoms with Crippen LogP contribution in [0.5, 0.6) is 0 Å². The Hall–Kier alpha value is -3.91. The summed E-state index contributed by atoms with van der Waals surface area (Å²) in [4.78, 5) is 39.0. The van der Waals surface area contributed by atoms with Gasteiger partial charge in [0.25, 0.3) is 0 Å². The first-order valence-electron chi connectivity index (χ1n) is 11.4. The maximum Gasteiger partial charge on any atom is 0.453 e. The van der Waals surface area contributed by atoms with Crippen LogP contribution in [0.1, 0.15) is 37.6 Å². The van der Waals surface area contributed by atoms with Crippen molar-refractivity contribution in [2.45, 2.75) is 56.2 Å². The SMILES string of the molecule is CNc1nc(-c2nc(CCC(F)(F)C(F)(F)F)n3ncccc23)nc2c1C(C)(C(=O)NC1CC1)C(=O)N2. The number of nitrogens with zero attached hydrogens (tertiary/aromatic N) is 5. The van der Waals surface area contributed by atoms with Crippen LogP contribution in [0.25, 0.3) is 17.0 Å². The minimum absolute atomic E-state index is 0.00644. The second-order valence-electron chi connectivity index (χ2n) is 9.10. The molecule has 1 fully saturated rings. The van der Waals surface area contributed by atoms with Gasteiger partial charge in [-0.3, -0.25) is 9.59 Å². The van der Waals surface area contributed by atoms with Crippen LogP contribution in [0.4, 0.5) is 33.6 Å². The van der Waals surface area contributed by atoms with E-state index < -0.39 is 42.2 Å². The Bertz CT molecular complexity index is 1420. The van der Waals surface area contributed by atoms with Crippen LogP contribution >= 0.6 is 0 Å². The van der Waals surface area contributed by atoms with Gasteiger partial charge >= 0.3 is 12.1 Å². The van der Waals surface area contributed by atoms with Crippen LogP contribution in [0, 0.1) is 0 Å². The lowest BCUT2D eigenvalue weighted by atomic mass is 9.83. The average molecular weight is 524 g/mol. The lowest BCUT2D eigenvalue weighted by molar-refractivity contribution is -0.284. The number of hydrogen-bond acceptors (Lipinski definition) is 7. The number of fused-ring (bicyclic) bond motifs is 2. The smallest absolute Gasteiger partial charge is 0.373 e. The van der Waals surface area contributed by atoms with Gasteiger partial charge in [0.1, 0.15) is 23.2 Å². The second kappa shape index (κ2) is 8.31. The summed E-state index contributed by atoms with van der Waals surface area (Å²) < 4.78 is 66.3. The van der Waals surface area contributed by atoms with E-state index in [1.54, 1.807) is 0 Å². The van der Waals surface area contributed by atoms with Crippen LogP contribution < -0.4 is 16.0 Å². The quantitative estimate of drug-likeness (QED) is 0.321. The number of aryl methyl sites for hydroxylation is 1. The van der Waals surface area contributed by atoms with E-state index in [-0.39, 0.29) is 46.1 Å². The van der Waals surface area contributed by atoms with E-state index in [1.165, 1.54) is 32.3 Å². The van der Waals surface area contributed by atoms with Gasteiger partial charge in [-0.05, 0) is 31.9 Å². The highest BCUT2D eigenvalue weighted by molar-refractivity contribution is 6.21. The molecule has 196 valence electrons. The maximum absolute atomic E-state index is 13.6. The maximum atomic E-state index is 13.6. The number of imidazole rings is 1. The van der Waals surface area contributed by atoms with Gasteiger partial charge in [-0.25, -0.2) is 19.5 Å². The summed E-state index contributed by atoms with van der Waals surface area (Å²) in [6.45, 7) is 1.46. The molecule has 0 radical (unpaired) electrons. The van der Waals surface area contributed by atoms with Gasteiger partial charge in [0.05, 0.1) is 11.1 Å². The molecule has 1 saturated carbocycles. The van der Waals surface area contributed by atoms with Gasteiger partial charge in [-0.15, -0.1) is 0 Å². The standard InChI is InChI=1S/C22H21F5N8O2/c1-20(18(36)30-10-5-6-10)13-15(28-2)32-17(33-16(13)34-19(20)37)14-11-4-3-9-29-35(11)12(31-14)7-8-21(23,24)22(25,26)27/h3-4,9-10H,5-8H2,1-2H3,(H,30,36)(H2,28,32,33,34,37). The second-order valence-corrected chi connectivity index (χ2v) is 9.10. The molecular formula is C22H21F5N8O2. The van der Waals surface area contributed by atoms with Gasteiger partial charge in [-0.1, -0.05) is 0 Å². The molecule has 2 aliphatic rings. The number of halogens is 5. The average Bonchev–Trinajstić information content (AvgIpc) is 3.52. The molecule has 10 nitrogen and oxygen atoms in total. The Morgan fingerprint density at radius 2 is 1.95 bits per heavy atom. The van der Waals surface area contributed by atoms with Crippen molar-refractivity contribution in [2.75, 3.05) is 17.7 Å². The molecule has 15 heteroatoms. The molecular weight excluding hydrogens is 503 g/mol. The van der Waals surface area contributed by atoms with Crippen LogP contribution in [0.2, 0.25) is 0 Å². The third-order valence-corrected chi connectivity index (χ3v) is 6.47. The summed E-state index contributed by atoms with van der Waals surface area (Å²) in [6, 6.07) is 3.07. The molecule has 37 heavy (non-hydrogen) atoms. The fourth-order valence-electron chi connectivity index (χ4n) is 4.16. The Balaban J connectivity index is 1.56.